The number of fused-ring (bicyclic) bond motifs is 1. The molecule has 2 aromatic rings. The molecule has 0 aliphatic heterocycles. The Morgan fingerprint density at radius 1 is 1.05 bits per heavy atom. The Morgan fingerprint density at radius 3 is 2.35 bits per heavy atom. The van der Waals surface area contributed by atoms with Gasteiger partial charge in [-0.05, 0) is 31.0 Å². The highest BCUT2D eigenvalue weighted by atomic mass is 16.5. The van der Waals surface area contributed by atoms with E-state index in [-0.39, 0.29) is 0 Å². The molecule has 1 aromatic heterocycles. The maximum atomic E-state index is 5.35. The minimum absolute atomic E-state index is 0.707. The van der Waals surface area contributed by atoms with Crippen molar-refractivity contribution in [1.29, 1.82) is 0 Å². The van der Waals surface area contributed by atoms with Gasteiger partial charge in [0.15, 0.2) is 11.5 Å². The maximum absolute atomic E-state index is 5.35. The molecule has 0 amide bonds. The third-order valence-corrected chi connectivity index (χ3v) is 3.26. The van der Waals surface area contributed by atoms with Crippen molar-refractivity contribution in [2.24, 2.45) is 0 Å². The fraction of sp³-hybridized carbons (Fsp3) is 0.438. The Kier molecular flexibility index (Phi) is 4.66. The zero-order chi connectivity index (χ0) is 14.5. The molecule has 1 aromatic carbocycles. The van der Waals surface area contributed by atoms with Crippen LogP contribution in [-0.2, 0) is 6.42 Å². The van der Waals surface area contributed by atoms with Gasteiger partial charge >= 0.3 is 0 Å². The number of aromatic nitrogens is 1. The van der Waals surface area contributed by atoms with E-state index >= 15 is 0 Å². The van der Waals surface area contributed by atoms with E-state index in [2.05, 4.69) is 25.2 Å². The van der Waals surface area contributed by atoms with Gasteiger partial charge in [0.05, 0.1) is 19.7 Å². The summed E-state index contributed by atoms with van der Waals surface area (Å²) in [6, 6.07) is 6.09. The van der Waals surface area contributed by atoms with Crippen LogP contribution >= 0.6 is 0 Å². The molecule has 0 unspecified atom stereocenters. The number of ether oxygens (including phenoxy) is 2. The summed E-state index contributed by atoms with van der Waals surface area (Å²) in [4.78, 5) is 4.72. The maximum Gasteiger partial charge on any atom is 0.162 e. The third kappa shape index (κ3) is 2.79. The molecule has 0 radical (unpaired) electrons. The number of nitrogens with zero attached hydrogens (tertiary/aromatic N) is 1. The van der Waals surface area contributed by atoms with Crippen molar-refractivity contribution in [1.82, 2.24) is 4.98 Å². The number of pyridine rings is 1. The molecule has 2 rings (SSSR count). The van der Waals surface area contributed by atoms with Crippen molar-refractivity contribution in [2.45, 2.75) is 26.7 Å². The van der Waals surface area contributed by atoms with Gasteiger partial charge in [0.25, 0.3) is 0 Å². The number of anilines is 1. The number of methoxy groups -OCH3 is 2. The number of aryl methyl sites for hydroxylation is 1. The average Bonchev–Trinajstić information content (AvgIpc) is 2.47. The van der Waals surface area contributed by atoms with Crippen LogP contribution in [0.5, 0.6) is 11.5 Å². The Balaban J connectivity index is 2.60. The van der Waals surface area contributed by atoms with Crippen molar-refractivity contribution in [3.05, 3.63) is 23.8 Å². The molecule has 4 nitrogen and oxygen atoms in total. The summed E-state index contributed by atoms with van der Waals surface area (Å²) in [7, 11) is 3.29. The molecule has 0 bridgehead atoms. The van der Waals surface area contributed by atoms with Gasteiger partial charge in [0.2, 0.25) is 0 Å². The molecule has 0 spiro atoms. The van der Waals surface area contributed by atoms with E-state index in [1.54, 1.807) is 14.2 Å². The summed E-state index contributed by atoms with van der Waals surface area (Å²) >= 11 is 0. The van der Waals surface area contributed by atoms with Gasteiger partial charge in [-0.25, -0.2) is 4.98 Å². The van der Waals surface area contributed by atoms with Crippen molar-refractivity contribution < 1.29 is 9.47 Å². The Morgan fingerprint density at radius 2 is 1.75 bits per heavy atom. The molecule has 1 heterocycles. The van der Waals surface area contributed by atoms with Crippen LogP contribution in [0.1, 0.15) is 25.8 Å². The van der Waals surface area contributed by atoms with Gasteiger partial charge in [-0.1, -0.05) is 13.3 Å². The van der Waals surface area contributed by atoms with Crippen LogP contribution in [0.3, 0.4) is 0 Å². The topological polar surface area (TPSA) is 43.4 Å². The summed E-state index contributed by atoms with van der Waals surface area (Å²) in [5.74, 6) is 2.41. The van der Waals surface area contributed by atoms with E-state index in [4.69, 9.17) is 14.5 Å². The number of hydrogen-bond acceptors (Lipinski definition) is 4. The van der Waals surface area contributed by atoms with Crippen molar-refractivity contribution >= 4 is 16.7 Å². The van der Waals surface area contributed by atoms with Crippen LogP contribution in [0, 0.1) is 0 Å². The highest BCUT2D eigenvalue weighted by Crippen LogP contribution is 2.33. The van der Waals surface area contributed by atoms with E-state index in [0.717, 1.165) is 41.9 Å². The van der Waals surface area contributed by atoms with Crippen LogP contribution in [0.25, 0.3) is 10.9 Å². The van der Waals surface area contributed by atoms with E-state index in [1.165, 1.54) is 5.56 Å². The molecule has 0 atom stereocenters. The Hall–Kier alpha value is -1.97. The number of hydrogen-bond donors (Lipinski definition) is 1. The molecular weight excluding hydrogens is 252 g/mol. The molecule has 0 aliphatic carbocycles. The summed E-state index contributed by atoms with van der Waals surface area (Å²) < 4.78 is 10.7. The zero-order valence-corrected chi connectivity index (χ0v) is 12.6. The largest absolute Gasteiger partial charge is 0.493 e. The van der Waals surface area contributed by atoms with Gasteiger partial charge in [-0.2, -0.15) is 0 Å². The first kappa shape index (κ1) is 14.4. The molecule has 108 valence electrons. The number of rotatable bonds is 6. The predicted molar refractivity (Wildman–Crippen MR) is 83.0 cm³/mol. The van der Waals surface area contributed by atoms with Crippen LogP contribution < -0.4 is 14.8 Å². The van der Waals surface area contributed by atoms with Gasteiger partial charge in [-0.15, -0.1) is 0 Å². The Bertz CT molecular complexity index is 544. The normalized spacial score (nSPS) is 10.6. The monoisotopic (exact) mass is 274 g/mol. The first-order valence-corrected chi connectivity index (χ1v) is 7.03. The predicted octanol–water partition coefficient (Wildman–Crippen LogP) is 3.64. The first-order chi connectivity index (χ1) is 9.73. The lowest BCUT2D eigenvalue weighted by Crippen LogP contribution is -2.04. The van der Waals surface area contributed by atoms with Gasteiger partial charge in [0, 0.05) is 18.0 Å². The van der Waals surface area contributed by atoms with Crippen molar-refractivity contribution in [2.75, 3.05) is 26.1 Å². The quantitative estimate of drug-likeness (QED) is 0.873. The molecule has 20 heavy (non-hydrogen) atoms. The van der Waals surface area contributed by atoms with Gasteiger partial charge in [-0.3, -0.25) is 0 Å². The standard InChI is InChI=1S/C16H22N2O2/c1-5-7-11-8-12-9-14(19-3)15(20-4)10-13(12)18-16(11)17-6-2/h8-10H,5-7H2,1-4H3,(H,17,18). The molecule has 0 aliphatic rings. The lowest BCUT2D eigenvalue weighted by Gasteiger charge is -2.13. The second-order valence-corrected chi connectivity index (χ2v) is 4.68. The first-order valence-electron chi connectivity index (χ1n) is 7.03. The second-order valence-electron chi connectivity index (χ2n) is 4.68. The second kappa shape index (κ2) is 6.46. The lowest BCUT2D eigenvalue weighted by atomic mass is 10.1. The van der Waals surface area contributed by atoms with Gasteiger partial charge < -0.3 is 14.8 Å². The molecule has 0 saturated heterocycles. The van der Waals surface area contributed by atoms with E-state index in [9.17, 15) is 0 Å². The number of nitrogens with one attached hydrogen (secondary N) is 1. The van der Waals surface area contributed by atoms with Crippen LogP contribution in [0.2, 0.25) is 0 Å². The molecule has 0 saturated carbocycles. The lowest BCUT2D eigenvalue weighted by molar-refractivity contribution is 0.356. The fourth-order valence-corrected chi connectivity index (χ4v) is 2.33. The van der Waals surface area contributed by atoms with E-state index < -0.39 is 0 Å². The molecule has 0 fully saturated rings. The highest BCUT2D eigenvalue weighted by molar-refractivity contribution is 5.85. The summed E-state index contributed by atoms with van der Waals surface area (Å²) in [5.41, 5.74) is 2.16. The van der Waals surface area contributed by atoms with Gasteiger partial charge in [0.1, 0.15) is 5.82 Å². The minimum Gasteiger partial charge on any atom is -0.493 e. The van der Waals surface area contributed by atoms with Crippen LogP contribution in [0.4, 0.5) is 5.82 Å². The van der Waals surface area contributed by atoms with Crippen molar-refractivity contribution in [3.63, 3.8) is 0 Å². The third-order valence-electron chi connectivity index (χ3n) is 3.26. The van der Waals surface area contributed by atoms with Crippen molar-refractivity contribution in [3.8, 4) is 11.5 Å². The van der Waals surface area contributed by atoms with Crippen LogP contribution in [0.15, 0.2) is 18.2 Å². The minimum atomic E-state index is 0.707. The SMILES string of the molecule is CCCc1cc2cc(OC)c(OC)cc2nc1NCC. The molecular formula is C16H22N2O2. The van der Waals surface area contributed by atoms with E-state index in [1.807, 2.05) is 12.1 Å². The fourth-order valence-electron chi connectivity index (χ4n) is 2.33. The summed E-state index contributed by atoms with van der Waals surface area (Å²) in [5, 5.41) is 4.41. The molecule has 4 heteroatoms. The zero-order valence-electron chi connectivity index (χ0n) is 12.6. The van der Waals surface area contributed by atoms with E-state index in [0.29, 0.717) is 5.75 Å². The molecule has 1 N–H and O–H groups in total. The average molecular weight is 274 g/mol. The summed E-state index contributed by atoms with van der Waals surface area (Å²) in [6.45, 7) is 5.12. The highest BCUT2D eigenvalue weighted by Gasteiger charge is 2.10. The Labute approximate surface area is 120 Å². The van der Waals surface area contributed by atoms with Crippen LogP contribution in [-0.4, -0.2) is 25.7 Å². The summed E-state index contributed by atoms with van der Waals surface area (Å²) in [6.07, 6.45) is 2.11. The number of benzene rings is 1. The smallest absolute Gasteiger partial charge is 0.162 e.